The van der Waals surface area contributed by atoms with E-state index in [1.54, 1.807) is 36.4 Å². The standard InChI is InChI=1S/C21H26N4O3/c1-15-2-5-17(22)14-19(15)21(27)24-18-6-3-16(4-7-18)20(26)23-8-9-25-10-12-28-13-11-25/h2-7,14H,8-13,22H2,1H3,(H,23,26)(H,24,27). The maximum Gasteiger partial charge on any atom is 0.256 e. The molecule has 7 heteroatoms. The second-order valence-corrected chi connectivity index (χ2v) is 6.82. The van der Waals surface area contributed by atoms with Crippen LogP contribution in [0.25, 0.3) is 0 Å². The molecule has 3 rings (SSSR count). The first kappa shape index (κ1) is 19.9. The third kappa shape index (κ3) is 5.31. The van der Waals surface area contributed by atoms with Gasteiger partial charge in [-0.25, -0.2) is 0 Å². The lowest BCUT2D eigenvalue weighted by Crippen LogP contribution is -2.41. The number of rotatable bonds is 6. The molecule has 1 saturated heterocycles. The van der Waals surface area contributed by atoms with Crippen LogP contribution in [0.2, 0.25) is 0 Å². The molecule has 0 spiro atoms. The maximum atomic E-state index is 12.4. The number of nitrogen functional groups attached to an aromatic ring is 1. The van der Waals surface area contributed by atoms with E-state index in [0.717, 1.165) is 38.4 Å². The van der Waals surface area contributed by atoms with Crippen LogP contribution in [-0.2, 0) is 4.74 Å². The fraction of sp³-hybridized carbons (Fsp3) is 0.333. The van der Waals surface area contributed by atoms with Crippen molar-refractivity contribution in [1.29, 1.82) is 0 Å². The topological polar surface area (TPSA) is 96.7 Å². The second kappa shape index (κ2) is 9.34. The van der Waals surface area contributed by atoms with E-state index in [1.807, 2.05) is 13.0 Å². The molecular formula is C21H26N4O3. The van der Waals surface area contributed by atoms with E-state index >= 15 is 0 Å². The zero-order valence-corrected chi connectivity index (χ0v) is 16.0. The summed E-state index contributed by atoms with van der Waals surface area (Å²) in [5, 5.41) is 5.76. The van der Waals surface area contributed by atoms with Crippen molar-refractivity contribution in [2.75, 3.05) is 50.4 Å². The lowest BCUT2D eigenvalue weighted by Gasteiger charge is -2.26. The minimum absolute atomic E-state index is 0.127. The number of nitrogens with two attached hydrogens (primary N) is 1. The van der Waals surface area contributed by atoms with E-state index in [-0.39, 0.29) is 11.8 Å². The van der Waals surface area contributed by atoms with Crippen molar-refractivity contribution in [3.05, 3.63) is 59.2 Å². The average Bonchev–Trinajstić information content (AvgIpc) is 2.71. The number of hydrogen-bond donors (Lipinski definition) is 3. The van der Waals surface area contributed by atoms with Crippen molar-refractivity contribution >= 4 is 23.2 Å². The van der Waals surface area contributed by atoms with Gasteiger partial charge in [0.25, 0.3) is 11.8 Å². The summed E-state index contributed by atoms with van der Waals surface area (Å²) in [6, 6.07) is 12.1. The molecule has 1 aliphatic heterocycles. The Labute approximate surface area is 164 Å². The molecule has 0 aliphatic carbocycles. The number of aryl methyl sites for hydroxylation is 1. The normalized spacial score (nSPS) is 14.5. The maximum absolute atomic E-state index is 12.4. The quantitative estimate of drug-likeness (QED) is 0.663. The fourth-order valence-corrected chi connectivity index (χ4v) is 3.04. The van der Waals surface area contributed by atoms with Gasteiger partial charge in [-0.05, 0) is 48.9 Å². The molecule has 1 heterocycles. The summed E-state index contributed by atoms with van der Waals surface area (Å²) in [6.45, 7) is 6.55. The number of benzene rings is 2. The molecule has 0 aromatic heterocycles. The molecule has 28 heavy (non-hydrogen) atoms. The highest BCUT2D eigenvalue weighted by molar-refractivity contribution is 6.06. The molecule has 1 fully saturated rings. The predicted molar refractivity (Wildman–Crippen MR) is 110 cm³/mol. The largest absolute Gasteiger partial charge is 0.399 e. The average molecular weight is 382 g/mol. The van der Waals surface area contributed by atoms with Crippen molar-refractivity contribution in [3.8, 4) is 0 Å². The Balaban J connectivity index is 1.51. The van der Waals surface area contributed by atoms with Gasteiger partial charge in [-0.1, -0.05) is 6.07 Å². The Morgan fingerprint density at radius 1 is 1.07 bits per heavy atom. The SMILES string of the molecule is Cc1ccc(N)cc1C(=O)Nc1ccc(C(=O)NCCN2CCOCC2)cc1. The van der Waals surface area contributed by atoms with Gasteiger partial charge in [-0.3, -0.25) is 14.5 Å². The lowest BCUT2D eigenvalue weighted by molar-refractivity contribution is 0.0383. The molecule has 0 bridgehead atoms. The van der Waals surface area contributed by atoms with Crippen LogP contribution in [0.3, 0.4) is 0 Å². The van der Waals surface area contributed by atoms with Gasteiger partial charge in [0.1, 0.15) is 0 Å². The molecule has 0 atom stereocenters. The van der Waals surface area contributed by atoms with Gasteiger partial charge in [0.05, 0.1) is 13.2 Å². The number of carbonyl (C=O) groups excluding carboxylic acids is 2. The van der Waals surface area contributed by atoms with E-state index in [1.165, 1.54) is 0 Å². The summed E-state index contributed by atoms with van der Waals surface area (Å²) < 4.78 is 5.31. The molecule has 148 valence electrons. The van der Waals surface area contributed by atoms with E-state index in [0.29, 0.717) is 29.0 Å². The predicted octanol–water partition coefficient (Wildman–Crippen LogP) is 1.89. The summed E-state index contributed by atoms with van der Waals surface area (Å²) in [5.74, 6) is -0.356. The molecule has 0 saturated carbocycles. The van der Waals surface area contributed by atoms with Gasteiger partial charge < -0.3 is 21.1 Å². The van der Waals surface area contributed by atoms with Crippen LogP contribution in [0.15, 0.2) is 42.5 Å². The Bertz CT molecular complexity index is 830. The number of morpholine rings is 1. The first-order valence-electron chi connectivity index (χ1n) is 9.39. The second-order valence-electron chi connectivity index (χ2n) is 6.82. The fourth-order valence-electron chi connectivity index (χ4n) is 3.04. The Kier molecular flexibility index (Phi) is 6.62. The molecule has 1 aliphatic rings. The van der Waals surface area contributed by atoms with Crippen LogP contribution < -0.4 is 16.4 Å². The number of nitrogens with one attached hydrogen (secondary N) is 2. The minimum atomic E-state index is -0.229. The number of amides is 2. The summed E-state index contributed by atoms with van der Waals surface area (Å²) in [5.41, 5.74) is 8.87. The van der Waals surface area contributed by atoms with Crippen LogP contribution in [0, 0.1) is 6.92 Å². The van der Waals surface area contributed by atoms with Crippen LogP contribution in [-0.4, -0.2) is 56.1 Å². The van der Waals surface area contributed by atoms with Gasteiger partial charge in [-0.15, -0.1) is 0 Å². The highest BCUT2D eigenvalue weighted by atomic mass is 16.5. The monoisotopic (exact) mass is 382 g/mol. The molecular weight excluding hydrogens is 356 g/mol. The zero-order chi connectivity index (χ0) is 19.9. The van der Waals surface area contributed by atoms with Crippen LogP contribution in [0.1, 0.15) is 26.3 Å². The van der Waals surface area contributed by atoms with Crippen molar-refractivity contribution < 1.29 is 14.3 Å². The van der Waals surface area contributed by atoms with E-state index in [4.69, 9.17) is 10.5 Å². The van der Waals surface area contributed by atoms with Crippen molar-refractivity contribution in [3.63, 3.8) is 0 Å². The lowest BCUT2D eigenvalue weighted by atomic mass is 10.1. The highest BCUT2D eigenvalue weighted by Gasteiger charge is 2.12. The van der Waals surface area contributed by atoms with Crippen molar-refractivity contribution in [2.24, 2.45) is 0 Å². The molecule has 2 aromatic rings. The molecule has 4 N–H and O–H groups in total. The van der Waals surface area contributed by atoms with Crippen LogP contribution >= 0.6 is 0 Å². The molecule has 2 amide bonds. The van der Waals surface area contributed by atoms with Gasteiger partial charge in [0.15, 0.2) is 0 Å². The summed E-state index contributed by atoms with van der Waals surface area (Å²) >= 11 is 0. The number of anilines is 2. The molecule has 2 aromatic carbocycles. The summed E-state index contributed by atoms with van der Waals surface area (Å²) in [7, 11) is 0. The van der Waals surface area contributed by atoms with Crippen LogP contribution in [0.5, 0.6) is 0 Å². The van der Waals surface area contributed by atoms with E-state index in [2.05, 4.69) is 15.5 Å². The highest BCUT2D eigenvalue weighted by Crippen LogP contribution is 2.16. The van der Waals surface area contributed by atoms with Gasteiger partial charge in [0, 0.05) is 48.7 Å². The zero-order valence-electron chi connectivity index (χ0n) is 16.0. The third-order valence-electron chi connectivity index (χ3n) is 4.73. The number of carbonyl (C=O) groups is 2. The molecule has 7 nitrogen and oxygen atoms in total. The Morgan fingerprint density at radius 3 is 2.50 bits per heavy atom. The number of nitrogens with zero attached hydrogens (tertiary/aromatic N) is 1. The molecule has 0 unspecified atom stereocenters. The Hall–Kier alpha value is -2.90. The number of ether oxygens (including phenoxy) is 1. The van der Waals surface area contributed by atoms with E-state index in [9.17, 15) is 9.59 Å². The van der Waals surface area contributed by atoms with Crippen LogP contribution in [0.4, 0.5) is 11.4 Å². The first-order chi connectivity index (χ1) is 13.5. The van der Waals surface area contributed by atoms with E-state index < -0.39 is 0 Å². The van der Waals surface area contributed by atoms with Gasteiger partial charge in [0.2, 0.25) is 0 Å². The van der Waals surface area contributed by atoms with Gasteiger partial charge >= 0.3 is 0 Å². The first-order valence-corrected chi connectivity index (χ1v) is 9.39. The smallest absolute Gasteiger partial charge is 0.256 e. The van der Waals surface area contributed by atoms with Crippen molar-refractivity contribution in [1.82, 2.24) is 10.2 Å². The number of hydrogen-bond acceptors (Lipinski definition) is 5. The third-order valence-corrected chi connectivity index (χ3v) is 4.73. The van der Waals surface area contributed by atoms with Gasteiger partial charge in [-0.2, -0.15) is 0 Å². The summed E-state index contributed by atoms with van der Waals surface area (Å²) in [6.07, 6.45) is 0. The molecule has 0 radical (unpaired) electrons. The summed E-state index contributed by atoms with van der Waals surface area (Å²) in [4.78, 5) is 27.0. The minimum Gasteiger partial charge on any atom is -0.399 e. The Morgan fingerprint density at radius 2 is 1.79 bits per heavy atom. The van der Waals surface area contributed by atoms with Crippen molar-refractivity contribution in [2.45, 2.75) is 6.92 Å².